The van der Waals surface area contributed by atoms with Gasteiger partial charge in [-0.05, 0) is 64.9 Å². The number of Topliss-reactive ketones (excluding diaryl/α,β-unsaturated/α-hetero) is 1. The molecule has 1 aliphatic heterocycles. The SMILES string of the molecule is COc1ccc(CCN2C(=O)C(=O)/C(=C(\O)c3ccc(F)cc3)C2c2ccc(C(C)(C)C)cc2)cc1OC. The van der Waals surface area contributed by atoms with Crippen LogP contribution in [0.4, 0.5) is 4.39 Å². The van der Waals surface area contributed by atoms with Crippen LogP contribution in [0.25, 0.3) is 5.76 Å². The van der Waals surface area contributed by atoms with E-state index >= 15 is 0 Å². The number of aliphatic hydroxyl groups is 1. The second kappa shape index (κ2) is 10.7. The molecule has 6 nitrogen and oxygen atoms in total. The van der Waals surface area contributed by atoms with Gasteiger partial charge in [0.1, 0.15) is 11.6 Å². The number of hydrogen-bond acceptors (Lipinski definition) is 5. The second-order valence-corrected chi connectivity index (χ2v) is 10.3. The van der Waals surface area contributed by atoms with Crippen LogP contribution in [-0.4, -0.2) is 42.5 Å². The van der Waals surface area contributed by atoms with Crippen LogP contribution in [-0.2, 0) is 21.4 Å². The van der Waals surface area contributed by atoms with Crippen molar-refractivity contribution < 1.29 is 28.6 Å². The maximum absolute atomic E-state index is 13.5. The summed E-state index contributed by atoms with van der Waals surface area (Å²) < 4.78 is 24.2. The smallest absolute Gasteiger partial charge is 0.295 e. The van der Waals surface area contributed by atoms with Gasteiger partial charge in [-0.25, -0.2) is 4.39 Å². The van der Waals surface area contributed by atoms with Gasteiger partial charge in [0, 0.05) is 12.1 Å². The van der Waals surface area contributed by atoms with Gasteiger partial charge in [-0.15, -0.1) is 0 Å². The van der Waals surface area contributed by atoms with Crippen molar-refractivity contribution >= 4 is 17.4 Å². The molecule has 1 N–H and O–H groups in total. The minimum atomic E-state index is -0.797. The average Bonchev–Trinajstić information content (AvgIpc) is 3.16. The topological polar surface area (TPSA) is 76.1 Å². The number of nitrogens with zero attached hydrogens (tertiary/aromatic N) is 1. The van der Waals surface area contributed by atoms with Crippen LogP contribution in [0.5, 0.6) is 11.5 Å². The number of likely N-dealkylation sites (tertiary alicyclic amines) is 1. The van der Waals surface area contributed by atoms with Crippen molar-refractivity contribution in [3.63, 3.8) is 0 Å². The van der Waals surface area contributed by atoms with Gasteiger partial charge in [-0.3, -0.25) is 9.59 Å². The quantitative estimate of drug-likeness (QED) is 0.243. The number of carbonyl (C=O) groups excluding carboxylic acids is 2. The maximum Gasteiger partial charge on any atom is 0.295 e. The van der Waals surface area contributed by atoms with Gasteiger partial charge < -0.3 is 19.5 Å². The normalized spacial score (nSPS) is 17.1. The molecular weight excluding hydrogens is 485 g/mol. The number of ketones is 1. The molecule has 1 aliphatic rings. The Bertz CT molecular complexity index is 1370. The molecule has 38 heavy (non-hydrogen) atoms. The van der Waals surface area contributed by atoms with Crippen molar-refractivity contribution in [2.45, 2.75) is 38.6 Å². The van der Waals surface area contributed by atoms with E-state index in [-0.39, 0.29) is 28.9 Å². The molecule has 0 aromatic heterocycles. The van der Waals surface area contributed by atoms with Crippen molar-refractivity contribution in [3.8, 4) is 11.5 Å². The number of halogens is 1. The number of methoxy groups -OCH3 is 2. The van der Waals surface area contributed by atoms with E-state index in [4.69, 9.17) is 9.47 Å². The Kier molecular flexibility index (Phi) is 7.58. The first-order valence-electron chi connectivity index (χ1n) is 12.4. The van der Waals surface area contributed by atoms with E-state index in [1.54, 1.807) is 20.3 Å². The number of benzene rings is 3. The number of rotatable bonds is 7. The Morgan fingerprint density at radius 1 is 0.921 bits per heavy atom. The predicted octanol–water partition coefficient (Wildman–Crippen LogP) is 5.80. The van der Waals surface area contributed by atoms with Gasteiger partial charge >= 0.3 is 0 Å². The highest BCUT2D eigenvalue weighted by Crippen LogP contribution is 2.40. The summed E-state index contributed by atoms with van der Waals surface area (Å²) >= 11 is 0. The number of amides is 1. The minimum absolute atomic E-state index is 0.0163. The molecule has 1 atom stereocenters. The van der Waals surface area contributed by atoms with Gasteiger partial charge in [-0.1, -0.05) is 51.1 Å². The molecular formula is C31H32FNO5. The summed E-state index contributed by atoms with van der Waals surface area (Å²) in [4.78, 5) is 28.1. The Hall–Kier alpha value is -4.13. The zero-order valence-electron chi connectivity index (χ0n) is 22.2. The van der Waals surface area contributed by atoms with Gasteiger partial charge in [0.15, 0.2) is 11.5 Å². The molecule has 0 aliphatic carbocycles. The Labute approximate surface area is 222 Å². The molecule has 1 fully saturated rings. The molecule has 1 unspecified atom stereocenters. The Morgan fingerprint density at radius 2 is 1.55 bits per heavy atom. The fourth-order valence-corrected chi connectivity index (χ4v) is 4.67. The molecule has 0 saturated carbocycles. The van der Waals surface area contributed by atoms with Crippen LogP contribution in [0.15, 0.2) is 72.3 Å². The van der Waals surface area contributed by atoms with E-state index in [0.717, 1.165) is 11.1 Å². The third kappa shape index (κ3) is 5.28. The lowest BCUT2D eigenvalue weighted by Crippen LogP contribution is -2.31. The Balaban J connectivity index is 1.76. The summed E-state index contributed by atoms with van der Waals surface area (Å²) in [7, 11) is 3.11. The lowest BCUT2D eigenvalue weighted by molar-refractivity contribution is -0.139. The van der Waals surface area contributed by atoms with Crippen LogP contribution in [0.3, 0.4) is 0 Å². The molecule has 0 radical (unpaired) electrons. The van der Waals surface area contributed by atoms with Crippen LogP contribution < -0.4 is 9.47 Å². The molecule has 1 heterocycles. The van der Waals surface area contributed by atoms with Gasteiger partial charge in [0.05, 0.1) is 25.8 Å². The fraction of sp³-hybridized carbons (Fsp3) is 0.290. The van der Waals surface area contributed by atoms with Crippen molar-refractivity contribution in [2.75, 3.05) is 20.8 Å². The molecule has 4 rings (SSSR count). The summed E-state index contributed by atoms with van der Waals surface area (Å²) in [6, 6.07) is 17.6. The molecule has 3 aromatic rings. The summed E-state index contributed by atoms with van der Waals surface area (Å²) in [5.41, 5.74) is 2.86. The van der Waals surface area contributed by atoms with E-state index < -0.39 is 23.5 Å². The standard InChI is InChI=1S/C31H32FNO5/c1-31(2,3)22-11-7-20(8-12-22)27-26(28(34)21-9-13-23(32)14-10-21)29(35)30(36)33(27)17-16-19-6-15-24(37-4)25(18-19)38-5/h6-15,18,27,34H,16-17H2,1-5H3/b28-26-. The lowest BCUT2D eigenvalue weighted by Gasteiger charge is -2.26. The van der Waals surface area contributed by atoms with Crippen LogP contribution in [0.2, 0.25) is 0 Å². The third-order valence-corrected chi connectivity index (χ3v) is 6.84. The Morgan fingerprint density at radius 3 is 2.13 bits per heavy atom. The van der Waals surface area contributed by atoms with Crippen LogP contribution >= 0.6 is 0 Å². The highest BCUT2D eigenvalue weighted by molar-refractivity contribution is 6.46. The number of carbonyl (C=O) groups is 2. The lowest BCUT2D eigenvalue weighted by atomic mass is 9.85. The molecule has 7 heteroatoms. The molecule has 0 bridgehead atoms. The van der Waals surface area contributed by atoms with Crippen molar-refractivity contribution in [1.29, 1.82) is 0 Å². The predicted molar refractivity (Wildman–Crippen MR) is 144 cm³/mol. The number of aliphatic hydroxyl groups excluding tert-OH is 1. The van der Waals surface area contributed by atoms with E-state index in [0.29, 0.717) is 23.5 Å². The fourth-order valence-electron chi connectivity index (χ4n) is 4.67. The molecule has 0 spiro atoms. The zero-order valence-corrected chi connectivity index (χ0v) is 22.2. The van der Waals surface area contributed by atoms with E-state index in [2.05, 4.69) is 20.8 Å². The second-order valence-electron chi connectivity index (χ2n) is 10.3. The largest absolute Gasteiger partial charge is 0.507 e. The average molecular weight is 518 g/mol. The van der Waals surface area contributed by atoms with Crippen molar-refractivity contribution in [1.82, 2.24) is 4.90 Å². The first kappa shape index (κ1) is 26.9. The van der Waals surface area contributed by atoms with E-state index in [1.165, 1.54) is 29.2 Å². The zero-order chi connectivity index (χ0) is 27.6. The van der Waals surface area contributed by atoms with E-state index in [9.17, 15) is 19.1 Å². The van der Waals surface area contributed by atoms with Crippen LogP contribution in [0.1, 0.15) is 49.1 Å². The molecule has 198 valence electrons. The van der Waals surface area contributed by atoms with E-state index in [1.807, 2.05) is 36.4 Å². The summed E-state index contributed by atoms with van der Waals surface area (Å²) in [6.07, 6.45) is 0.445. The summed E-state index contributed by atoms with van der Waals surface area (Å²) in [6.45, 7) is 6.54. The number of ether oxygens (including phenoxy) is 2. The maximum atomic E-state index is 13.5. The summed E-state index contributed by atoms with van der Waals surface area (Å²) in [5.74, 6) is -1.11. The van der Waals surface area contributed by atoms with Gasteiger partial charge in [0.25, 0.3) is 11.7 Å². The molecule has 1 saturated heterocycles. The first-order valence-corrected chi connectivity index (χ1v) is 12.4. The molecule has 1 amide bonds. The first-order chi connectivity index (χ1) is 18.0. The third-order valence-electron chi connectivity index (χ3n) is 6.84. The highest BCUT2D eigenvalue weighted by atomic mass is 19.1. The molecule has 3 aromatic carbocycles. The highest BCUT2D eigenvalue weighted by Gasteiger charge is 2.45. The van der Waals surface area contributed by atoms with Gasteiger partial charge in [0.2, 0.25) is 0 Å². The minimum Gasteiger partial charge on any atom is -0.507 e. The van der Waals surface area contributed by atoms with Crippen molar-refractivity contribution in [3.05, 3.63) is 100 Å². The summed E-state index contributed by atoms with van der Waals surface area (Å²) in [5, 5.41) is 11.2. The van der Waals surface area contributed by atoms with Crippen molar-refractivity contribution in [2.24, 2.45) is 0 Å². The van der Waals surface area contributed by atoms with Gasteiger partial charge in [-0.2, -0.15) is 0 Å². The number of hydrogen-bond donors (Lipinski definition) is 1. The van der Waals surface area contributed by atoms with Crippen LogP contribution in [0, 0.1) is 5.82 Å². The monoisotopic (exact) mass is 517 g/mol.